The zero-order chi connectivity index (χ0) is 22.6. The number of halogens is 2. The summed E-state index contributed by atoms with van der Waals surface area (Å²) in [6, 6.07) is 17.7. The van der Waals surface area contributed by atoms with Crippen LogP contribution in [0.4, 0.5) is 0 Å². The van der Waals surface area contributed by atoms with E-state index in [1.165, 1.54) is 0 Å². The van der Waals surface area contributed by atoms with Gasteiger partial charge in [0.25, 0.3) is 0 Å². The molecule has 7 heteroatoms. The summed E-state index contributed by atoms with van der Waals surface area (Å²) in [5, 5.41) is 0. The molecule has 0 radical (unpaired) electrons. The van der Waals surface area contributed by atoms with Gasteiger partial charge in [-0.05, 0) is 29.2 Å². The van der Waals surface area contributed by atoms with Gasteiger partial charge in [0, 0.05) is 28.5 Å². The monoisotopic (exact) mass is 561 g/mol. The normalized spacial score (nSPS) is 35.6. The van der Waals surface area contributed by atoms with Crippen molar-refractivity contribution in [2.45, 2.75) is 35.3 Å². The Morgan fingerprint density at radius 1 is 0.969 bits per heavy atom. The number of nitrogens with zero attached hydrogens (tertiary/aromatic N) is 1. The number of hydrogen-bond acceptors (Lipinski definition) is 4. The zero-order valence-electron chi connectivity index (χ0n) is 17.9. The fourth-order valence-corrected chi connectivity index (χ4v) is 7.52. The largest absolute Gasteiger partial charge is 0.497 e. The van der Waals surface area contributed by atoms with Crippen LogP contribution in [0, 0.1) is 23.7 Å². The van der Waals surface area contributed by atoms with Crippen LogP contribution in [-0.2, 0) is 27.3 Å². The molecule has 32 heavy (non-hydrogen) atoms. The SMILES string of the molecule is COc1ccc(CN2C(=O)C3C(Br)C(Br)C(C)C4C(=O)OC2(Cc2ccccc2)C43)cc1. The van der Waals surface area contributed by atoms with Crippen molar-refractivity contribution in [2.24, 2.45) is 23.7 Å². The Bertz CT molecular complexity index is 1030. The first kappa shape index (κ1) is 22.0. The first-order valence-corrected chi connectivity index (χ1v) is 12.7. The fourth-order valence-electron chi connectivity index (χ4n) is 5.82. The van der Waals surface area contributed by atoms with Crippen LogP contribution >= 0.6 is 31.9 Å². The third kappa shape index (κ3) is 3.23. The maximum Gasteiger partial charge on any atom is 0.311 e. The molecule has 1 saturated carbocycles. The highest BCUT2D eigenvalue weighted by Gasteiger charge is 2.73. The van der Waals surface area contributed by atoms with E-state index >= 15 is 0 Å². The summed E-state index contributed by atoms with van der Waals surface area (Å²) in [7, 11) is 1.63. The third-order valence-corrected chi connectivity index (χ3v) is 10.6. The average Bonchev–Trinajstić information content (AvgIpc) is 3.20. The van der Waals surface area contributed by atoms with Gasteiger partial charge in [-0.1, -0.05) is 81.2 Å². The minimum absolute atomic E-state index is 0.0127. The molecule has 5 nitrogen and oxygen atoms in total. The lowest BCUT2D eigenvalue weighted by Gasteiger charge is -2.41. The maximum atomic E-state index is 13.9. The van der Waals surface area contributed by atoms with Gasteiger partial charge in [0.05, 0.1) is 18.9 Å². The van der Waals surface area contributed by atoms with Crippen molar-refractivity contribution in [3.8, 4) is 5.75 Å². The molecule has 2 aromatic rings. The standard InChI is InChI=1S/C25H25Br2NO4/c1-14-18-20-19(22(27)21(14)26)23(29)28(13-16-8-10-17(31-2)11-9-16)25(20,32-24(18)30)12-15-6-4-3-5-7-15/h3-11,14,18-22H,12-13H2,1-2H3. The van der Waals surface area contributed by atoms with Gasteiger partial charge in [0.15, 0.2) is 5.72 Å². The Morgan fingerprint density at radius 2 is 1.66 bits per heavy atom. The zero-order valence-corrected chi connectivity index (χ0v) is 21.1. The van der Waals surface area contributed by atoms with Gasteiger partial charge in [0.2, 0.25) is 5.91 Å². The van der Waals surface area contributed by atoms with Crippen LogP contribution in [0.15, 0.2) is 54.6 Å². The molecule has 0 N–H and O–H groups in total. The van der Waals surface area contributed by atoms with Gasteiger partial charge in [-0.3, -0.25) is 14.5 Å². The van der Waals surface area contributed by atoms with Crippen molar-refractivity contribution in [3.63, 3.8) is 0 Å². The predicted octanol–water partition coefficient (Wildman–Crippen LogP) is 4.56. The summed E-state index contributed by atoms with van der Waals surface area (Å²) in [6.07, 6.45) is 0.485. The first-order chi connectivity index (χ1) is 15.4. The fraction of sp³-hybridized carbons (Fsp3) is 0.440. The van der Waals surface area contributed by atoms with E-state index < -0.39 is 5.72 Å². The number of rotatable bonds is 5. The van der Waals surface area contributed by atoms with Crippen LogP contribution in [0.3, 0.4) is 0 Å². The second-order valence-electron chi connectivity index (χ2n) is 9.03. The lowest BCUT2D eigenvalue weighted by atomic mass is 9.65. The van der Waals surface area contributed by atoms with Crippen molar-refractivity contribution in [1.82, 2.24) is 4.90 Å². The third-order valence-electron chi connectivity index (χ3n) is 7.37. The Balaban J connectivity index is 1.60. The van der Waals surface area contributed by atoms with E-state index in [9.17, 15) is 9.59 Å². The number of ether oxygens (including phenoxy) is 2. The highest BCUT2D eigenvalue weighted by molar-refractivity contribution is 9.12. The molecule has 168 valence electrons. The van der Waals surface area contributed by atoms with Gasteiger partial charge in [-0.25, -0.2) is 0 Å². The molecule has 3 aliphatic rings. The number of esters is 1. The molecule has 1 amide bonds. The highest BCUT2D eigenvalue weighted by atomic mass is 79.9. The summed E-state index contributed by atoms with van der Waals surface area (Å²) in [5.41, 5.74) is 1.03. The maximum absolute atomic E-state index is 13.9. The molecule has 2 saturated heterocycles. The van der Waals surface area contributed by atoms with Crippen molar-refractivity contribution < 1.29 is 19.1 Å². The molecule has 2 aromatic carbocycles. The van der Waals surface area contributed by atoms with Crippen LogP contribution in [0.5, 0.6) is 5.75 Å². The lowest BCUT2D eigenvalue weighted by Crippen LogP contribution is -2.51. The summed E-state index contributed by atoms with van der Waals surface area (Å²) < 4.78 is 11.5. The van der Waals surface area contributed by atoms with Crippen molar-refractivity contribution in [1.29, 1.82) is 0 Å². The molecule has 1 aliphatic carbocycles. The van der Waals surface area contributed by atoms with Crippen molar-refractivity contribution >= 4 is 43.7 Å². The van der Waals surface area contributed by atoms with Crippen molar-refractivity contribution in [2.75, 3.05) is 7.11 Å². The number of hydrogen-bond donors (Lipinski definition) is 0. The summed E-state index contributed by atoms with van der Waals surface area (Å²) in [5.74, 6) is -0.177. The number of benzene rings is 2. The molecule has 2 heterocycles. The first-order valence-electron chi connectivity index (χ1n) is 10.9. The average molecular weight is 563 g/mol. The number of carbonyl (C=O) groups is 2. The topological polar surface area (TPSA) is 55.8 Å². The molecule has 0 bridgehead atoms. The van der Waals surface area contributed by atoms with Crippen molar-refractivity contribution in [3.05, 3.63) is 65.7 Å². The molecule has 0 spiro atoms. The molecule has 3 fully saturated rings. The molecular weight excluding hydrogens is 538 g/mol. The summed E-state index contributed by atoms with van der Waals surface area (Å²) >= 11 is 7.57. The number of carbonyl (C=O) groups excluding carboxylic acids is 2. The van der Waals surface area contributed by atoms with E-state index in [1.54, 1.807) is 7.11 Å². The van der Waals surface area contributed by atoms with Crippen LogP contribution in [0.25, 0.3) is 0 Å². The smallest absolute Gasteiger partial charge is 0.311 e. The minimum Gasteiger partial charge on any atom is -0.497 e. The number of likely N-dealkylation sites (tertiary alicyclic amines) is 1. The van der Waals surface area contributed by atoms with E-state index in [-0.39, 0.29) is 45.2 Å². The Labute approximate surface area is 204 Å². The van der Waals surface area contributed by atoms with E-state index in [0.717, 1.165) is 16.9 Å². The van der Waals surface area contributed by atoms with Crippen LogP contribution < -0.4 is 4.74 Å². The van der Waals surface area contributed by atoms with E-state index in [2.05, 4.69) is 38.8 Å². The molecule has 7 unspecified atom stereocenters. The number of alkyl halides is 2. The van der Waals surface area contributed by atoms with E-state index in [4.69, 9.17) is 9.47 Å². The van der Waals surface area contributed by atoms with Gasteiger partial charge < -0.3 is 9.47 Å². The Morgan fingerprint density at radius 3 is 2.31 bits per heavy atom. The highest BCUT2D eigenvalue weighted by Crippen LogP contribution is 2.61. The molecular formula is C25H25Br2NO4. The lowest BCUT2D eigenvalue weighted by molar-refractivity contribution is -0.172. The molecule has 7 atom stereocenters. The Hall–Kier alpha value is -1.86. The Kier molecular flexibility index (Phi) is 5.61. The van der Waals surface area contributed by atoms with E-state index in [0.29, 0.717) is 13.0 Å². The van der Waals surface area contributed by atoms with E-state index in [1.807, 2.05) is 59.5 Å². The van der Waals surface area contributed by atoms with Crippen LogP contribution in [0.2, 0.25) is 0 Å². The second-order valence-corrected chi connectivity index (χ2v) is 11.1. The summed E-state index contributed by atoms with van der Waals surface area (Å²) in [4.78, 5) is 28.9. The van der Waals surface area contributed by atoms with Crippen LogP contribution in [0.1, 0.15) is 18.1 Å². The molecule has 5 rings (SSSR count). The number of amides is 1. The molecule has 2 aliphatic heterocycles. The van der Waals surface area contributed by atoms with Crippen LogP contribution in [-0.4, -0.2) is 39.3 Å². The predicted molar refractivity (Wildman–Crippen MR) is 128 cm³/mol. The second kappa shape index (κ2) is 8.17. The van der Waals surface area contributed by atoms with Gasteiger partial charge in [0.1, 0.15) is 5.75 Å². The van der Waals surface area contributed by atoms with Gasteiger partial charge in [-0.2, -0.15) is 0 Å². The number of methoxy groups -OCH3 is 1. The molecule has 0 aromatic heterocycles. The van der Waals surface area contributed by atoms with Gasteiger partial charge in [-0.15, -0.1) is 0 Å². The summed E-state index contributed by atoms with van der Waals surface area (Å²) in [6.45, 7) is 2.45. The van der Waals surface area contributed by atoms with Gasteiger partial charge >= 0.3 is 5.97 Å². The minimum atomic E-state index is -0.988. The quantitative estimate of drug-likeness (QED) is 0.396.